The molecular weight excluding hydrogens is 350 g/mol. The third kappa shape index (κ3) is 4.15. The van der Waals surface area contributed by atoms with Crippen molar-refractivity contribution in [2.45, 2.75) is 6.54 Å². The minimum atomic E-state index is 0.0503. The fourth-order valence-corrected chi connectivity index (χ4v) is 2.84. The van der Waals surface area contributed by atoms with Gasteiger partial charge in [-0.25, -0.2) is 0 Å². The van der Waals surface area contributed by atoms with Crippen LogP contribution in [0.25, 0.3) is 0 Å². The summed E-state index contributed by atoms with van der Waals surface area (Å²) >= 11 is 3.58. The third-order valence-electron chi connectivity index (χ3n) is 3.71. The summed E-state index contributed by atoms with van der Waals surface area (Å²) in [6, 6.07) is 8.27. The van der Waals surface area contributed by atoms with E-state index in [1.54, 1.807) is 12.2 Å². The highest BCUT2D eigenvalue weighted by atomic mass is 79.9. The maximum absolute atomic E-state index is 11.7. The van der Waals surface area contributed by atoms with Crippen molar-refractivity contribution in [3.8, 4) is 0 Å². The first kappa shape index (κ1) is 15.7. The molecule has 0 amide bonds. The second-order valence-electron chi connectivity index (χ2n) is 5.38. The lowest BCUT2D eigenvalue weighted by molar-refractivity contribution is -0.806. The summed E-state index contributed by atoms with van der Waals surface area (Å²) in [5.74, 6) is 0.0503. The number of hydrogen-bond acceptors (Lipinski definition) is 1. The van der Waals surface area contributed by atoms with Gasteiger partial charge in [-0.3, -0.25) is 9.69 Å². The van der Waals surface area contributed by atoms with E-state index in [-0.39, 0.29) is 5.78 Å². The summed E-state index contributed by atoms with van der Waals surface area (Å²) in [6.45, 7) is 0.898. The summed E-state index contributed by atoms with van der Waals surface area (Å²) < 4.78 is 1.14. The molecule has 0 saturated carbocycles. The average Bonchev–Trinajstić information content (AvgIpc) is 2.57. The van der Waals surface area contributed by atoms with Crippen molar-refractivity contribution in [1.82, 2.24) is 0 Å². The van der Waals surface area contributed by atoms with E-state index in [1.165, 1.54) is 10.5 Å². The molecule has 1 aliphatic carbocycles. The number of quaternary nitrogens is 1. The van der Waals surface area contributed by atoms with Gasteiger partial charge in [0.15, 0.2) is 5.78 Å². The predicted octanol–water partition coefficient (Wildman–Crippen LogP) is 3.42. The Labute approximate surface area is 144 Å². The zero-order valence-electron chi connectivity index (χ0n) is 12.6. The third-order valence-corrected chi connectivity index (χ3v) is 4.48. The molecule has 0 unspecified atom stereocenters. The second kappa shape index (κ2) is 7.36. The monoisotopic (exact) mass is 366 g/mol. The number of allylic oxidation sites excluding steroid dienone is 10. The van der Waals surface area contributed by atoms with Crippen molar-refractivity contribution in [1.29, 1.82) is 0 Å². The van der Waals surface area contributed by atoms with Crippen molar-refractivity contribution in [2.75, 3.05) is 0 Å². The summed E-state index contributed by atoms with van der Waals surface area (Å²) in [7, 11) is 0. The van der Waals surface area contributed by atoms with E-state index in [0.29, 0.717) is 5.57 Å². The van der Waals surface area contributed by atoms with E-state index < -0.39 is 0 Å². The van der Waals surface area contributed by atoms with Gasteiger partial charge < -0.3 is 0 Å². The molecule has 3 heteroatoms. The molecule has 0 aromatic heterocycles. The van der Waals surface area contributed by atoms with Crippen LogP contribution in [-0.2, 0) is 11.3 Å². The number of rotatable bonds is 3. The number of benzene rings is 1. The van der Waals surface area contributed by atoms with E-state index in [2.05, 4.69) is 58.7 Å². The summed E-state index contributed by atoms with van der Waals surface area (Å²) in [4.78, 5) is 12.9. The lowest BCUT2D eigenvalue weighted by atomic mass is 10.0. The Balaban J connectivity index is 1.66. The van der Waals surface area contributed by atoms with Crippen molar-refractivity contribution >= 4 is 21.7 Å². The molecule has 1 heterocycles. The van der Waals surface area contributed by atoms with Crippen LogP contribution in [-0.4, -0.2) is 5.78 Å². The Morgan fingerprint density at radius 3 is 2.43 bits per heavy atom. The maximum Gasteiger partial charge on any atom is 0.185 e. The smallest absolute Gasteiger partial charge is 0.185 e. The van der Waals surface area contributed by atoms with Crippen LogP contribution in [0.15, 0.2) is 101 Å². The van der Waals surface area contributed by atoms with Gasteiger partial charge in [0, 0.05) is 15.6 Å². The first-order chi connectivity index (χ1) is 11.2. The SMILES string of the molecule is O=C1C=CC=CC1=CC=C1C=C[NH+](Cc2ccccc2Br)C=C1. The Bertz CT molecular complexity index is 778. The number of carbonyl (C=O) groups excluding carboxylic acids is 1. The Morgan fingerprint density at radius 1 is 0.957 bits per heavy atom. The molecule has 0 atom stereocenters. The zero-order valence-corrected chi connectivity index (χ0v) is 14.2. The van der Waals surface area contributed by atoms with Crippen LogP contribution in [0.2, 0.25) is 0 Å². The lowest BCUT2D eigenvalue weighted by Gasteiger charge is -2.13. The highest BCUT2D eigenvalue weighted by Gasteiger charge is 2.09. The van der Waals surface area contributed by atoms with Gasteiger partial charge in [-0.1, -0.05) is 64.5 Å². The topological polar surface area (TPSA) is 21.5 Å². The number of carbonyl (C=O) groups is 1. The van der Waals surface area contributed by atoms with Gasteiger partial charge in [0.25, 0.3) is 0 Å². The lowest BCUT2D eigenvalue weighted by Crippen LogP contribution is -3.01. The predicted molar refractivity (Wildman–Crippen MR) is 96.5 cm³/mol. The molecule has 1 aliphatic heterocycles. The molecule has 23 heavy (non-hydrogen) atoms. The van der Waals surface area contributed by atoms with Gasteiger partial charge in [0.1, 0.15) is 6.54 Å². The average molecular weight is 367 g/mol. The zero-order chi connectivity index (χ0) is 16.1. The molecule has 0 bridgehead atoms. The quantitative estimate of drug-likeness (QED) is 0.813. The van der Waals surface area contributed by atoms with E-state index in [0.717, 1.165) is 16.6 Å². The molecule has 0 fully saturated rings. The van der Waals surface area contributed by atoms with Crippen molar-refractivity contribution in [2.24, 2.45) is 0 Å². The Hall–Kier alpha value is -2.23. The van der Waals surface area contributed by atoms with Crippen LogP contribution >= 0.6 is 15.9 Å². The van der Waals surface area contributed by atoms with Crippen LogP contribution in [0, 0.1) is 0 Å². The molecule has 0 radical (unpaired) electrons. The minimum Gasteiger partial charge on any atom is -0.289 e. The number of nitrogens with one attached hydrogen (secondary N) is 1. The van der Waals surface area contributed by atoms with Crippen LogP contribution in [0.5, 0.6) is 0 Å². The van der Waals surface area contributed by atoms with Crippen LogP contribution in [0.4, 0.5) is 0 Å². The van der Waals surface area contributed by atoms with Gasteiger partial charge in [0.05, 0.1) is 12.4 Å². The number of ketones is 1. The Kier molecular flexibility index (Phi) is 5.01. The first-order valence-electron chi connectivity index (χ1n) is 7.49. The molecule has 2 aliphatic rings. The molecule has 2 nitrogen and oxygen atoms in total. The molecule has 0 spiro atoms. The van der Waals surface area contributed by atoms with Gasteiger partial charge in [-0.05, 0) is 29.9 Å². The number of halogens is 1. The molecule has 0 saturated heterocycles. The largest absolute Gasteiger partial charge is 0.289 e. The summed E-state index contributed by atoms with van der Waals surface area (Å²) in [6.07, 6.45) is 19.3. The molecule has 114 valence electrons. The summed E-state index contributed by atoms with van der Waals surface area (Å²) in [5.41, 5.74) is 3.07. The van der Waals surface area contributed by atoms with Crippen LogP contribution in [0.1, 0.15) is 5.56 Å². The van der Waals surface area contributed by atoms with E-state index in [4.69, 9.17) is 0 Å². The molecular formula is C20H17BrNO+. The maximum atomic E-state index is 11.7. The Morgan fingerprint density at radius 2 is 1.70 bits per heavy atom. The van der Waals surface area contributed by atoms with Gasteiger partial charge in [-0.15, -0.1) is 0 Å². The normalized spacial score (nSPS) is 21.3. The van der Waals surface area contributed by atoms with Gasteiger partial charge in [-0.2, -0.15) is 0 Å². The van der Waals surface area contributed by atoms with Crippen molar-refractivity contribution in [3.05, 3.63) is 106 Å². The fraction of sp³-hybridized carbons (Fsp3) is 0.0500. The first-order valence-corrected chi connectivity index (χ1v) is 8.28. The van der Waals surface area contributed by atoms with E-state index in [1.807, 2.05) is 30.4 Å². The van der Waals surface area contributed by atoms with Gasteiger partial charge in [0.2, 0.25) is 0 Å². The standard InChI is InChI=1S/C20H16BrNO/c21-19-7-3-1-6-18(19)15-22-13-11-16(12-14-22)9-10-17-5-2-4-8-20(17)23/h1-14H,15H2/p+1. The molecule has 3 rings (SSSR count). The highest BCUT2D eigenvalue weighted by molar-refractivity contribution is 9.10. The van der Waals surface area contributed by atoms with Crippen molar-refractivity contribution in [3.63, 3.8) is 0 Å². The fourth-order valence-electron chi connectivity index (χ4n) is 2.41. The van der Waals surface area contributed by atoms with E-state index >= 15 is 0 Å². The molecule has 1 aromatic rings. The second-order valence-corrected chi connectivity index (χ2v) is 6.24. The van der Waals surface area contributed by atoms with Gasteiger partial charge >= 0.3 is 0 Å². The minimum absolute atomic E-state index is 0.0503. The molecule has 1 aromatic carbocycles. The van der Waals surface area contributed by atoms with E-state index in [9.17, 15) is 4.79 Å². The molecule has 1 N–H and O–H groups in total. The number of hydrogen-bond donors (Lipinski definition) is 1. The van der Waals surface area contributed by atoms with Crippen LogP contribution < -0.4 is 4.90 Å². The summed E-state index contributed by atoms with van der Waals surface area (Å²) in [5, 5.41) is 0. The van der Waals surface area contributed by atoms with Crippen molar-refractivity contribution < 1.29 is 9.69 Å². The van der Waals surface area contributed by atoms with Crippen LogP contribution in [0.3, 0.4) is 0 Å². The highest BCUT2D eigenvalue weighted by Crippen LogP contribution is 2.15.